The van der Waals surface area contributed by atoms with Gasteiger partial charge in [0.05, 0.1) is 22.5 Å². The minimum atomic E-state index is 0.0977. The number of ether oxygens (including phenoxy) is 1. The molecule has 0 aliphatic carbocycles. The van der Waals surface area contributed by atoms with E-state index in [0.717, 1.165) is 45.2 Å². The molecule has 0 aliphatic heterocycles. The van der Waals surface area contributed by atoms with Gasteiger partial charge in [-0.3, -0.25) is 4.68 Å². The van der Waals surface area contributed by atoms with E-state index in [9.17, 15) is 0 Å². The molecule has 5 nitrogen and oxygen atoms in total. The van der Waals surface area contributed by atoms with Gasteiger partial charge in [-0.25, -0.2) is 0 Å². The lowest BCUT2D eigenvalue weighted by Crippen LogP contribution is -2.08. The molecule has 0 radical (unpaired) electrons. The van der Waals surface area contributed by atoms with Crippen molar-refractivity contribution in [1.82, 2.24) is 9.78 Å². The molecule has 7 heteroatoms. The topological polar surface area (TPSA) is 61.2 Å². The molecule has 1 aromatic carbocycles. The van der Waals surface area contributed by atoms with Crippen LogP contribution in [0.1, 0.15) is 33.4 Å². The maximum Gasteiger partial charge on any atom is 0.373 e. The highest BCUT2D eigenvalue weighted by molar-refractivity contribution is 9.10. The number of halogens is 2. The highest BCUT2D eigenvalue weighted by Gasteiger charge is 2.20. The van der Waals surface area contributed by atoms with Gasteiger partial charge in [-0.1, -0.05) is 34.5 Å². The molecule has 1 heterocycles. The van der Waals surface area contributed by atoms with Gasteiger partial charge in [0.15, 0.2) is 0 Å². The van der Waals surface area contributed by atoms with Crippen LogP contribution >= 0.6 is 27.5 Å². The van der Waals surface area contributed by atoms with Crippen LogP contribution in [0, 0.1) is 0 Å². The molecule has 0 saturated carbocycles. The van der Waals surface area contributed by atoms with Gasteiger partial charge in [-0.05, 0) is 45.4 Å². The second kappa shape index (κ2) is 9.62. The lowest BCUT2D eigenvalue weighted by molar-refractivity contribution is -0.191. The predicted molar refractivity (Wildman–Crippen MR) is 96.2 cm³/mol. The highest BCUT2D eigenvalue weighted by atomic mass is 79.9. The fourth-order valence-corrected chi connectivity index (χ4v) is 2.96. The Morgan fingerprint density at radius 1 is 1.33 bits per heavy atom. The fourth-order valence-electron chi connectivity index (χ4n) is 2.24. The molecule has 0 N–H and O–H groups in total. The van der Waals surface area contributed by atoms with Gasteiger partial charge in [-0.2, -0.15) is 14.7 Å². The number of hydrogen-bond donors (Lipinski definition) is 0. The second-order valence-corrected chi connectivity index (χ2v) is 6.46. The number of carbonyl (C=O) groups excluding carboxylic acids is 2. The molecule has 2 aromatic rings. The van der Waals surface area contributed by atoms with Gasteiger partial charge in [-0.15, -0.1) is 0 Å². The Morgan fingerprint density at radius 2 is 1.96 bits per heavy atom. The van der Waals surface area contributed by atoms with Crippen LogP contribution in [0.3, 0.4) is 0 Å². The molecule has 0 saturated heterocycles. The molecule has 0 bridgehead atoms. The van der Waals surface area contributed by atoms with Crippen molar-refractivity contribution < 1.29 is 14.3 Å². The second-order valence-electron chi connectivity index (χ2n) is 5.17. The first-order valence-electron chi connectivity index (χ1n) is 7.60. The molecular weight excluding hydrogens is 396 g/mol. The van der Waals surface area contributed by atoms with Crippen molar-refractivity contribution in [2.45, 2.75) is 46.8 Å². The maximum absolute atomic E-state index is 8.12. The molecule has 130 valence electrons. The van der Waals surface area contributed by atoms with E-state index in [0.29, 0.717) is 0 Å². The van der Waals surface area contributed by atoms with Gasteiger partial charge in [0, 0.05) is 16.6 Å². The van der Waals surface area contributed by atoms with E-state index in [1.165, 1.54) is 0 Å². The van der Waals surface area contributed by atoms with Crippen LogP contribution < -0.4 is 4.74 Å². The monoisotopic (exact) mass is 414 g/mol. The minimum Gasteiger partial charge on any atom is -0.490 e. The van der Waals surface area contributed by atoms with Crippen LogP contribution in [-0.2, 0) is 22.6 Å². The van der Waals surface area contributed by atoms with Crippen LogP contribution in [-0.4, -0.2) is 22.0 Å². The third-order valence-electron chi connectivity index (χ3n) is 3.16. The van der Waals surface area contributed by atoms with Crippen molar-refractivity contribution >= 4 is 33.7 Å². The third-order valence-corrected chi connectivity index (χ3v) is 4.05. The number of aryl methyl sites for hydroxylation is 2. The van der Waals surface area contributed by atoms with Crippen molar-refractivity contribution in [1.29, 1.82) is 0 Å². The summed E-state index contributed by atoms with van der Waals surface area (Å²) >= 11 is 10.0. The first kappa shape index (κ1) is 20.4. The van der Waals surface area contributed by atoms with Gasteiger partial charge in [0.1, 0.15) is 5.75 Å². The van der Waals surface area contributed by atoms with Crippen LogP contribution in [0.5, 0.6) is 5.75 Å². The van der Waals surface area contributed by atoms with E-state index in [1.807, 2.05) is 36.7 Å². The summed E-state index contributed by atoms with van der Waals surface area (Å²) in [5.41, 5.74) is 2.83. The summed E-state index contributed by atoms with van der Waals surface area (Å²) in [5, 5.41) is 5.30. The molecule has 2 rings (SSSR count). The van der Waals surface area contributed by atoms with Crippen molar-refractivity contribution in [2.24, 2.45) is 0 Å². The first-order valence-corrected chi connectivity index (χ1v) is 8.77. The molecule has 0 fully saturated rings. The third kappa shape index (κ3) is 4.94. The molecule has 0 unspecified atom stereocenters. The number of benzene rings is 1. The van der Waals surface area contributed by atoms with Crippen molar-refractivity contribution in [3.63, 3.8) is 0 Å². The number of hydrogen-bond acceptors (Lipinski definition) is 4. The lowest BCUT2D eigenvalue weighted by Gasteiger charge is -2.15. The van der Waals surface area contributed by atoms with Gasteiger partial charge >= 0.3 is 6.15 Å². The summed E-state index contributed by atoms with van der Waals surface area (Å²) in [5.74, 6) is 0.818. The first-order chi connectivity index (χ1) is 11.4. The molecular formula is C17H20BrClN2O3. The summed E-state index contributed by atoms with van der Waals surface area (Å²) in [6.45, 7) is 8.92. The van der Waals surface area contributed by atoms with Crippen molar-refractivity contribution in [2.75, 3.05) is 0 Å². The normalized spacial score (nSPS) is 10.1. The summed E-state index contributed by atoms with van der Waals surface area (Å²) in [4.78, 5) is 16.2. The van der Waals surface area contributed by atoms with E-state index in [1.54, 1.807) is 0 Å². The van der Waals surface area contributed by atoms with Crippen LogP contribution in [0.25, 0.3) is 11.3 Å². The van der Waals surface area contributed by atoms with Gasteiger partial charge < -0.3 is 4.74 Å². The van der Waals surface area contributed by atoms with E-state index in [4.69, 9.17) is 25.9 Å². The Kier molecular flexibility index (Phi) is 8.19. The molecule has 1 aromatic heterocycles. The zero-order valence-electron chi connectivity index (χ0n) is 14.1. The van der Waals surface area contributed by atoms with Gasteiger partial charge in [0.2, 0.25) is 0 Å². The fraction of sp³-hybridized carbons (Fsp3) is 0.412. The summed E-state index contributed by atoms with van der Waals surface area (Å²) < 4.78 is 8.87. The summed E-state index contributed by atoms with van der Waals surface area (Å²) in [6.07, 6.45) is 1.16. The maximum atomic E-state index is 8.12. The largest absolute Gasteiger partial charge is 0.490 e. The van der Waals surface area contributed by atoms with E-state index >= 15 is 0 Å². The zero-order valence-corrected chi connectivity index (χ0v) is 16.4. The average molecular weight is 416 g/mol. The Bertz CT molecular complexity index is 723. The lowest BCUT2D eigenvalue weighted by atomic mass is 10.1. The van der Waals surface area contributed by atoms with E-state index < -0.39 is 0 Å². The Balaban J connectivity index is 0.000000891. The zero-order chi connectivity index (χ0) is 18.3. The summed E-state index contributed by atoms with van der Waals surface area (Å²) in [6, 6.07) is 6.00. The number of aromatic nitrogens is 2. The van der Waals surface area contributed by atoms with Crippen LogP contribution in [0.2, 0.25) is 5.02 Å². The van der Waals surface area contributed by atoms with Crippen LogP contribution in [0.15, 0.2) is 22.7 Å². The number of nitrogens with zero attached hydrogens (tertiary/aromatic N) is 2. The number of rotatable bonds is 5. The smallest absolute Gasteiger partial charge is 0.373 e. The highest BCUT2D eigenvalue weighted by Crippen LogP contribution is 2.38. The summed E-state index contributed by atoms with van der Waals surface area (Å²) in [7, 11) is 0. The predicted octanol–water partition coefficient (Wildman–Crippen LogP) is 4.75. The van der Waals surface area contributed by atoms with Crippen LogP contribution in [0.4, 0.5) is 0 Å². The molecule has 0 spiro atoms. The van der Waals surface area contributed by atoms with Crippen molar-refractivity contribution in [3.05, 3.63) is 33.4 Å². The quantitative estimate of drug-likeness (QED) is 0.707. The minimum absolute atomic E-state index is 0.0977. The van der Waals surface area contributed by atoms with Gasteiger partial charge in [0.25, 0.3) is 0 Å². The SMILES string of the molecule is CCc1nn(CC)c(-c2ccc(Br)cc2OC(C)C)c1Cl.O=C=O. The Labute approximate surface area is 155 Å². The van der Waals surface area contributed by atoms with Crippen molar-refractivity contribution in [3.8, 4) is 17.0 Å². The van der Waals surface area contributed by atoms with E-state index in [2.05, 4.69) is 34.9 Å². The Hall–Kier alpha value is -1.62. The molecule has 24 heavy (non-hydrogen) atoms. The average Bonchev–Trinajstić information content (AvgIpc) is 2.84. The molecule has 0 aliphatic rings. The standard InChI is InChI=1S/C16H20BrClN2O.CO2/c1-5-13-15(18)16(20(6-2)19-13)12-8-7-11(17)9-14(12)21-10(3)4;2-1-3/h7-10H,5-6H2,1-4H3;. The molecule has 0 amide bonds. The molecule has 0 atom stereocenters. The Morgan fingerprint density at radius 3 is 2.46 bits per heavy atom. The van der Waals surface area contributed by atoms with E-state index in [-0.39, 0.29) is 12.3 Å².